The summed E-state index contributed by atoms with van der Waals surface area (Å²) in [5.74, 6) is 0.913. The van der Waals surface area contributed by atoms with E-state index < -0.39 is 0 Å². The van der Waals surface area contributed by atoms with Crippen molar-refractivity contribution < 1.29 is 4.79 Å². The summed E-state index contributed by atoms with van der Waals surface area (Å²) in [6.45, 7) is 0. The standard InChI is InChI=1S/C15H18N2O2/c18-14(8-5-10-3-1-2-4-10)11-6-7-12-13(9-11)17-15(19)16-12/h6-7,9-10H,1-5,8H2,(H2,16,17,19). The number of H-pyrrole nitrogens is 2. The summed E-state index contributed by atoms with van der Waals surface area (Å²) >= 11 is 0. The molecule has 4 heteroatoms. The molecule has 0 spiro atoms. The maximum absolute atomic E-state index is 12.1. The third-order valence-corrected chi connectivity index (χ3v) is 4.09. The fourth-order valence-electron chi connectivity index (χ4n) is 2.98. The molecule has 0 saturated heterocycles. The van der Waals surface area contributed by atoms with E-state index in [1.54, 1.807) is 18.2 Å². The third-order valence-electron chi connectivity index (χ3n) is 4.09. The zero-order valence-corrected chi connectivity index (χ0v) is 10.9. The number of carbonyl (C=O) groups is 1. The van der Waals surface area contributed by atoms with E-state index in [1.165, 1.54) is 25.7 Å². The van der Waals surface area contributed by atoms with Crippen LogP contribution in [0.4, 0.5) is 0 Å². The van der Waals surface area contributed by atoms with Gasteiger partial charge in [-0.3, -0.25) is 4.79 Å². The smallest absolute Gasteiger partial charge is 0.306 e. The average molecular weight is 258 g/mol. The Morgan fingerprint density at radius 3 is 2.68 bits per heavy atom. The number of fused-ring (bicyclic) bond motifs is 1. The van der Waals surface area contributed by atoms with Gasteiger partial charge in [0.2, 0.25) is 0 Å². The summed E-state index contributed by atoms with van der Waals surface area (Å²) in [4.78, 5) is 28.7. The fourth-order valence-corrected chi connectivity index (χ4v) is 2.98. The zero-order chi connectivity index (χ0) is 13.2. The van der Waals surface area contributed by atoms with Gasteiger partial charge in [0.1, 0.15) is 0 Å². The molecule has 1 aromatic carbocycles. The van der Waals surface area contributed by atoms with Crippen LogP contribution in [0.2, 0.25) is 0 Å². The lowest BCUT2D eigenvalue weighted by atomic mass is 9.97. The highest BCUT2D eigenvalue weighted by molar-refractivity contribution is 5.98. The van der Waals surface area contributed by atoms with E-state index in [2.05, 4.69) is 9.97 Å². The number of rotatable bonds is 4. The predicted molar refractivity (Wildman–Crippen MR) is 74.4 cm³/mol. The first-order chi connectivity index (χ1) is 9.22. The van der Waals surface area contributed by atoms with Crippen molar-refractivity contribution in [1.29, 1.82) is 0 Å². The maximum atomic E-state index is 12.1. The number of imidazole rings is 1. The van der Waals surface area contributed by atoms with Crippen molar-refractivity contribution in [2.24, 2.45) is 5.92 Å². The molecule has 19 heavy (non-hydrogen) atoms. The van der Waals surface area contributed by atoms with E-state index in [0.717, 1.165) is 17.9 Å². The molecule has 100 valence electrons. The van der Waals surface area contributed by atoms with Crippen LogP contribution in [0.5, 0.6) is 0 Å². The van der Waals surface area contributed by atoms with Crippen LogP contribution in [0.1, 0.15) is 48.9 Å². The fraction of sp³-hybridized carbons (Fsp3) is 0.467. The Morgan fingerprint density at radius 1 is 1.16 bits per heavy atom. The lowest BCUT2D eigenvalue weighted by Crippen LogP contribution is -2.03. The number of ketones is 1. The first kappa shape index (κ1) is 12.2. The van der Waals surface area contributed by atoms with Crippen molar-refractivity contribution in [1.82, 2.24) is 9.97 Å². The van der Waals surface area contributed by atoms with Gasteiger partial charge in [-0.05, 0) is 30.5 Å². The number of aromatic amines is 2. The van der Waals surface area contributed by atoms with Crippen LogP contribution < -0.4 is 5.69 Å². The monoisotopic (exact) mass is 258 g/mol. The molecule has 1 fully saturated rings. The number of hydrogen-bond donors (Lipinski definition) is 2. The van der Waals surface area contributed by atoms with Crippen LogP contribution in [0.25, 0.3) is 11.0 Å². The summed E-state index contributed by atoms with van der Waals surface area (Å²) in [5, 5.41) is 0. The molecule has 2 N–H and O–H groups in total. The molecule has 0 bridgehead atoms. The van der Waals surface area contributed by atoms with Crippen LogP contribution >= 0.6 is 0 Å². The largest absolute Gasteiger partial charge is 0.323 e. The van der Waals surface area contributed by atoms with Crippen molar-refractivity contribution in [2.45, 2.75) is 38.5 Å². The van der Waals surface area contributed by atoms with E-state index in [-0.39, 0.29) is 11.5 Å². The molecule has 1 saturated carbocycles. The molecule has 1 aliphatic rings. The van der Waals surface area contributed by atoms with Gasteiger partial charge in [-0.1, -0.05) is 25.7 Å². The minimum Gasteiger partial charge on any atom is -0.306 e. The number of carbonyl (C=O) groups excluding carboxylic acids is 1. The van der Waals surface area contributed by atoms with E-state index >= 15 is 0 Å². The van der Waals surface area contributed by atoms with E-state index in [4.69, 9.17) is 0 Å². The number of hydrogen-bond acceptors (Lipinski definition) is 2. The number of nitrogens with one attached hydrogen (secondary N) is 2. The molecule has 0 amide bonds. The Balaban J connectivity index is 1.71. The molecule has 1 heterocycles. The van der Waals surface area contributed by atoms with Crippen LogP contribution in [-0.2, 0) is 0 Å². The molecule has 4 nitrogen and oxygen atoms in total. The topological polar surface area (TPSA) is 65.7 Å². The van der Waals surface area contributed by atoms with Crippen molar-refractivity contribution in [3.05, 3.63) is 34.2 Å². The Bertz CT molecular complexity index is 647. The quantitative estimate of drug-likeness (QED) is 0.828. The molecular formula is C15H18N2O2. The summed E-state index contributed by atoms with van der Waals surface area (Å²) in [6.07, 6.45) is 6.80. The normalized spacial score (nSPS) is 16.2. The van der Waals surface area contributed by atoms with Crippen LogP contribution in [0.15, 0.2) is 23.0 Å². The zero-order valence-electron chi connectivity index (χ0n) is 10.9. The first-order valence-corrected chi connectivity index (χ1v) is 6.97. The lowest BCUT2D eigenvalue weighted by molar-refractivity contribution is 0.0974. The molecule has 0 aliphatic heterocycles. The Labute approximate surface area is 111 Å². The maximum Gasteiger partial charge on any atom is 0.323 e. The molecule has 1 aliphatic carbocycles. The van der Waals surface area contributed by atoms with Crippen LogP contribution in [-0.4, -0.2) is 15.8 Å². The van der Waals surface area contributed by atoms with Crippen molar-refractivity contribution in [2.75, 3.05) is 0 Å². The van der Waals surface area contributed by atoms with Gasteiger partial charge >= 0.3 is 5.69 Å². The van der Waals surface area contributed by atoms with Gasteiger partial charge in [0.25, 0.3) is 0 Å². The molecule has 0 atom stereocenters. The Morgan fingerprint density at radius 2 is 1.89 bits per heavy atom. The second kappa shape index (κ2) is 5.03. The van der Waals surface area contributed by atoms with Crippen molar-refractivity contribution in [3.8, 4) is 0 Å². The van der Waals surface area contributed by atoms with Gasteiger partial charge < -0.3 is 9.97 Å². The Hall–Kier alpha value is -1.84. The van der Waals surface area contributed by atoms with E-state index in [0.29, 0.717) is 17.5 Å². The summed E-state index contributed by atoms with van der Waals surface area (Å²) in [5.41, 5.74) is 1.92. The third kappa shape index (κ3) is 2.62. The predicted octanol–water partition coefficient (Wildman–Crippen LogP) is 3.01. The average Bonchev–Trinajstić information content (AvgIpc) is 3.02. The minimum atomic E-state index is -0.231. The highest BCUT2D eigenvalue weighted by Crippen LogP contribution is 2.29. The lowest BCUT2D eigenvalue weighted by Gasteiger charge is -2.07. The summed E-state index contributed by atoms with van der Waals surface area (Å²) in [7, 11) is 0. The van der Waals surface area contributed by atoms with Gasteiger partial charge in [-0.25, -0.2) is 4.79 Å². The number of aromatic nitrogens is 2. The molecule has 0 radical (unpaired) electrons. The van der Waals surface area contributed by atoms with Gasteiger partial charge in [0, 0.05) is 12.0 Å². The second-order valence-corrected chi connectivity index (χ2v) is 5.45. The summed E-state index contributed by atoms with van der Waals surface area (Å²) in [6, 6.07) is 5.35. The van der Waals surface area contributed by atoms with Crippen LogP contribution in [0.3, 0.4) is 0 Å². The molecule has 2 aromatic rings. The van der Waals surface area contributed by atoms with Crippen LogP contribution in [0, 0.1) is 5.92 Å². The number of Topliss-reactive ketones (excluding diaryl/α,β-unsaturated/α-hetero) is 1. The molecule has 0 unspecified atom stereocenters. The molecule has 1 aromatic heterocycles. The number of benzene rings is 1. The second-order valence-electron chi connectivity index (χ2n) is 5.45. The highest BCUT2D eigenvalue weighted by Gasteiger charge is 2.17. The van der Waals surface area contributed by atoms with Gasteiger partial charge in [0.05, 0.1) is 11.0 Å². The van der Waals surface area contributed by atoms with E-state index in [9.17, 15) is 9.59 Å². The first-order valence-electron chi connectivity index (χ1n) is 6.97. The Kier molecular flexibility index (Phi) is 3.23. The molecule has 3 rings (SSSR count). The van der Waals surface area contributed by atoms with Crippen molar-refractivity contribution >= 4 is 16.8 Å². The summed E-state index contributed by atoms with van der Waals surface area (Å²) < 4.78 is 0. The van der Waals surface area contributed by atoms with Gasteiger partial charge in [0.15, 0.2) is 5.78 Å². The van der Waals surface area contributed by atoms with Gasteiger partial charge in [-0.15, -0.1) is 0 Å². The SMILES string of the molecule is O=C(CCC1CCCC1)c1ccc2[nH]c(=O)[nH]c2c1. The minimum absolute atomic E-state index is 0.177. The molecular weight excluding hydrogens is 240 g/mol. The van der Waals surface area contributed by atoms with E-state index in [1.807, 2.05) is 0 Å². The highest BCUT2D eigenvalue weighted by atomic mass is 16.1. The van der Waals surface area contributed by atoms with Gasteiger partial charge in [-0.2, -0.15) is 0 Å². The van der Waals surface area contributed by atoms with Crippen molar-refractivity contribution in [3.63, 3.8) is 0 Å².